The van der Waals surface area contributed by atoms with E-state index < -0.39 is 0 Å². The third kappa shape index (κ3) is 2.52. The van der Waals surface area contributed by atoms with E-state index in [0.717, 1.165) is 17.3 Å². The second-order valence-electron chi connectivity index (χ2n) is 5.95. The molecule has 1 aliphatic carbocycles. The highest BCUT2D eigenvalue weighted by molar-refractivity contribution is 7.99. The van der Waals surface area contributed by atoms with Crippen molar-refractivity contribution in [2.45, 2.75) is 55.9 Å². The molecule has 0 radical (unpaired) electrons. The van der Waals surface area contributed by atoms with Gasteiger partial charge in [-0.25, -0.2) is 0 Å². The molecule has 3 fully saturated rings. The molecule has 2 heterocycles. The van der Waals surface area contributed by atoms with Crippen molar-refractivity contribution >= 4 is 11.8 Å². The summed E-state index contributed by atoms with van der Waals surface area (Å²) >= 11 is 2.11. The molecule has 2 nitrogen and oxygen atoms in total. The maximum atomic E-state index is 2.83. The van der Waals surface area contributed by atoms with E-state index in [-0.39, 0.29) is 0 Å². The lowest BCUT2D eigenvalue weighted by atomic mass is 9.98. The van der Waals surface area contributed by atoms with Gasteiger partial charge >= 0.3 is 0 Å². The van der Waals surface area contributed by atoms with Crippen LogP contribution in [0.25, 0.3) is 0 Å². The molecule has 98 valence electrons. The van der Waals surface area contributed by atoms with Crippen LogP contribution in [0.5, 0.6) is 0 Å². The van der Waals surface area contributed by atoms with Gasteiger partial charge in [0.2, 0.25) is 0 Å². The van der Waals surface area contributed by atoms with Crippen LogP contribution in [0.2, 0.25) is 0 Å². The third-order valence-electron chi connectivity index (χ3n) is 5.06. The van der Waals surface area contributed by atoms with Crippen molar-refractivity contribution in [1.29, 1.82) is 0 Å². The minimum absolute atomic E-state index is 0.889. The topological polar surface area (TPSA) is 6.48 Å². The lowest BCUT2D eigenvalue weighted by molar-refractivity contribution is 0.0298. The zero-order valence-corrected chi connectivity index (χ0v) is 11.9. The molecule has 0 spiro atoms. The van der Waals surface area contributed by atoms with Crippen molar-refractivity contribution in [1.82, 2.24) is 9.80 Å². The fourth-order valence-electron chi connectivity index (χ4n) is 4.08. The van der Waals surface area contributed by atoms with Crippen LogP contribution in [0.1, 0.15) is 38.5 Å². The standard InChI is InChI=1S/C14H26N2S/c1-17-14-7-4-6-13(14)16-10-9-15-8-3-2-5-12(15)11-16/h12-14H,2-11H2,1H3. The van der Waals surface area contributed by atoms with Crippen molar-refractivity contribution in [2.75, 3.05) is 32.4 Å². The first kappa shape index (κ1) is 12.3. The zero-order valence-electron chi connectivity index (χ0n) is 11.1. The Bertz CT molecular complexity index is 259. The summed E-state index contributed by atoms with van der Waals surface area (Å²) in [6.07, 6.45) is 11.0. The Hall–Kier alpha value is 0.270. The predicted octanol–water partition coefficient (Wildman–Crippen LogP) is 2.44. The van der Waals surface area contributed by atoms with Crippen LogP contribution in [-0.4, -0.2) is 59.6 Å². The molecule has 17 heavy (non-hydrogen) atoms. The van der Waals surface area contributed by atoms with Gasteiger partial charge in [-0.15, -0.1) is 0 Å². The number of rotatable bonds is 2. The summed E-state index contributed by atoms with van der Waals surface area (Å²) in [4.78, 5) is 5.59. The van der Waals surface area contributed by atoms with Gasteiger partial charge in [-0.3, -0.25) is 9.80 Å². The van der Waals surface area contributed by atoms with Crippen LogP contribution in [-0.2, 0) is 0 Å². The number of piperazine rings is 1. The van der Waals surface area contributed by atoms with Gasteiger partial charge in [-0.2, -0.15) is 11.8 Å². The molecule has 0 aromatic rings. The van der Waals surface area contributed by atoms with E-state index in [1.54, 1.807) is 0 Å². The fourth-order valence-corrected chi connectivity index (χ4v) is 5.11. The second kappa shape index (κ2) is 5.50. The molecule has 0 N–H and O–H groups in total. The molecular weight excluding hydrogens is 228 g/mol. The molecule has 3 atom stereocenters. The Morgan fingerprint density at radius 3 is 2.65 bits per heavy atom. The highest BCUT2D eigenvalue weighted by Gasteiger charge is 2.36. The average molecular weight is 254 g/mol. The van der Waals surface area contributed by atoms with Crippen LogP contribution in [0.4, 0.5) is 0 Å². The molecule has 0 amide bonds. The van der Waals surface area contributed by atoms with Crippen LogP contribution in [0, 0.1) is 0 Å². The van der Waals surface area contributed by atoms with Gasteiger partial charge in [0.15, 0.2) is 0 Å². The summed E-state index contributed by atoms with van der Waals surface area (Å²) in [6, 6.07) is 1.79. The SMILES string of the molecule is CSC1CCCC1N1CCN2CCCCC2C1. The van der Waals surface area contributed by atoms with Crippen LogP contribution in [0.15, 0.2) is 0 Å². The molecule has 0 bridgehead atoms. The maximum Gasteiger partial charge on any atom is 0.0223 e. The normalized spacial score (nSPS) is 40.4. The predicted molar refractivity (Wildman–Crippen MR) is 75.7 cm³/mol. The van der Waals surface area contributed by atoms with Crippen LogP contribution < -0.4 is 0 Å². The summed E-state index contributed by atoms with van der Waals surface area (Å²) in [7, 11) is 0. The van der Waals surface area contributed by atoms with Gasteiger partial charge in [0.1, 0.15) is 0 Å². The molecular formula is C14H26N2S. The smallest absolute Gasteiger partial charge is 0.0223 e. The number of piperidine rings is 1. The third-order valence-corrected chi connectivity index (χ3v) is 6.21. The molecule has 2 saturated heterocycles. The Kier molecular flexibility index (Phi) is 3.98. The van der Waals surface area contributed by atoms with Gasteiger partial charge in [0.05, 0.1) is 0 Å². The van der Waals surface area contributed by atoms with Crippen LogP contribution >= 0.6 is 11.8 Å². The first-order valence-electron chi connectivity index (χ1n) is 7.39. The van der Waals surface area contributed by atoms with Crippen LogP contribution in [0.3, 0.4) is 0 Å². The maximum absolute atomic E-state index is 2.83. The number of thioether (sulfide) groups is 1. The summed E-state index contributed by atoms with van der Waals surface area (Å²) in [6.45, 7) is 5.40. The number of fused-ring (bicyclic) bond motifs is 1. The monoisotopic (exact) mass is 254 g/mol. The minimum atomic E-state index is 0.889. The summed E-state index contributed by atoms with van der Waals surface area (Å²) < 4.78 is 0. The quantitative estimate of drug-likeness (QED) is 0.747. The number of hydrogen-bond donors (Lipinski definition) is 0. The first-order chi connectivity index (χ1) is 8.38. The Labute approximate surface area is 110 Å². The van der Waals surface area contributed by atoms with E-state index in [2.05, 4.69) is 27.8 Å². The minimum Gasteiger partial charge on any atom is -0.298 e. The first-order valence-corrected chi connectivity index (χ1v) is 8.68. The molecule has 0 aromatic heterocycles. The summed E-state index contributed by atoms with van der Waals surface area (Å²) in [5, 5.41) is 0.921. The lowest BCUT2D eigenvalue weighted by Crippen LogP contribution is -2.58. The van der Waals surface area contributed by atoms with Crippen molar-refractivity contribution < 1.29 is 0 Å². The average Bonchev–Trinajstić information content (AvgIpc) is 2.86. The van der Waals surface area contributed by atoms with Crippen molar-refractivity contribution in [2.24, 2.45) is 0 Å². The van der Waals surface area contributed by atoms with Crippen molar-refractivity contribution in [3.05, 3.63) is 0 Å². The number of nitrogens with zero attached hydrogens (tertiary/aromatic N) is 2. The van der Waals surface area contributed by atoms with E-state index in [1.807, 2.05) is 0 Å². The Morgan fingerprint density at radius 2 is 1.76 bits per heavy atom. The van der Waals surface area contributed by atoms with Gasteiger partial charge in [-0.05, 0) is 38.5 Å². The largest absolute Gasteiger partial charge is 0.298 e. The molecule has 1 saturated carbocycles. The molecule has 2 aliphatic heterocycles. The van der Waals surface area contributed by atoms with Crippen molar-refractivity contribution in [3.63, 3.8) is 0 Å². The molecule has 3 aliphatic rings. The van der Waals surface area contributed by atoms with Gasteiger partial charge in [-0.1, -0.05) is 12.8 Å². The summed E-state index contributed by atoms with van der Waals surface area (Å²) in [5.74, 6) is 0. The van der Waals surface area contributed by atoms with E-state index in [4.69, 9.17) is 0 Å². The highest BCUT2D eigenvalue weighted by Crippen LogP contribution is 2.34. The van der Waals surface area contributed by atoms with Gasteiger partial charge in [0.25, 0.3) is 0 Å². The van der Waals surface area contributed by atoms with E-state index in [1.165, 1.54) is 64.7 Å². The lowest BCUT2D eigenvalue weighted by Gasteiger charge is -2.46. The molecule has 0 aromatic carbocycles. The van der Waals surface area contributed by atoms with E-state index in [0.29, 0.717) is 0 Å². The number of hydrogen-bond acceptors (Lipinski definition) is 3. The second-order valence-corrected chi connectivity index (χ2v) is 7.03. The van der Waals surface area contributed by atoms with E-state index in [9.17, 15) is 0 Å². The zero-order chi connectivity index (χ0) is 11.7. The Balaban J connectivity index is 1.61. The summed E-state index contributed by atoms with van der Waals surface area (Å²) in [5.41, 5.74) is 0. The molecule has 3 rings (SSSR count). The highest BCUT2D eigenvalue weighted by atomic mass is 32.2. The van der Waals surface area contributed by atoms with Gasteiger partial charge < -0.3 is 0 Å². The molecule has 3 unspecified atom stereocenters. The molecule has 3 heteroatoms. The van der Waals surface area contributed by atoms with Crippen molar-refractivity contribution in [3.8, 4) is 0 Å². The van der Waals surface area contributed by atoms with E-state index >= 15 is 0 Å². The van der Waals surface area contributed by atoms with Gasteiger partial charge in [0, 0.05) is 37.0 Å². The fraction of sp³-hybridized carbons (Fsp3) is 1.00. The Morgan fingerprint density at radius 1 is 0.882 bits per heavy atom.